The number of benzene rings is 1. The van der Waals surface area contributed by atoms with E-state index in [0.29, 0.717) is 11.3 Å². The number of ketones is 1. The van der Waals surface area contributed by atoms with E-state index < -0.39 is 0 Å². The predicted octanol–water partition coefficient (Wildman–Crippen LogP) is 2.07. The number of hydrogen-bond donors (Lipinski definition) is 0. The third-order valence-corrected chi connectivity index (χ3v) is 3.25. The summed E-state index contributed by atoms with van der Waals surface area (Å²) in [6, 6.07) is 9.35. The van der Waals surface area contributed by atoms with E-state index in [1.54, 1.807) is 12.1 Å². The summed E-state index contributed by atoms with van der Waals surface area (Å²) < 4.78 is 10.9. The number of nitriles is 1. The number of Topliss-reactive ketones (excluding diaryl/α,β-unsaturated/α-hetero) is 1. The minimum absolute atomic E-state index is 0.0772. The Kier molecular flexibility index (Phi) is 2.42. The Bertz CT molecular complexity index is 568. The van der Waals surface area contributed by atoms with Gasteiger partial charge in [0.1, 0.15) is 0 Å². The number of hydrogen-bond acceptors (Lipinski definition) is 4. The van der Waals surface area contributed by atoms with E-state index >= 15 is 0 Å². The van der Waals surface area contributed by atoms with Crippen LogP contribution < -0.4 is 0 Å². The molecule has 1 aromatic carbocycles. The van der Waals surface area contributed by atoms with Gasteiger partial charge in [-0.3, -0.25) is 4.79 Å². The molecule has 2 aliphatic heterocycles. The van der Waals surface area contributed by atoms with Crippen LogP contribution in [0.5, 0.6) is 0 Å². The molecular weight excluding hydrogens is 230 g/mol. The van der Waals surface area contributed by atoms with Crippen LogP contribution >= 0.6 is 0 Å². The lowest BCUT2D eigenvalue weighted by Gasteiger charge is -2.38. The minimum Gasteiger partial charge on any atom is -0.461 e. The molecule has 1 fully saturated rings. The van der Waals surface area contributed by atoms with Crippen LogP contribution in [0.25, 0.3) is 0 Å². The fraction of sp³-hybridized carbons (Fsp3) is 0.286. The third-order valence-electron chi connectivity index (χ3n) is 3.25. The summed E-state index contributed by atoms with van der Waals surface area (Å²) in [6.45, 7) is 1.48. The van der Waals surface area contributed by atoms with Crippen LogP contribution in [0, 0.1) is 17.2 Å². The smallest absolute Gasteiger partial charge is 0.209 e. The molecule has 1 saturated heterocycles. The SMILES string of the molecule is CC(=O)C1=C[C@@H]2[C@H](O1)O[C@H]2c1ccc(C#N)cc1. The van der Waals surface area contributed by atoms with Gasteiger partial charge >= 0.3 is 0 Å². The van der Waals surface area contributed by atoms with Crippen molar-refractivity contribution in [2.75, 3.05) is 0 Å². The summed E-state index contributed by atoms with van der Waals surface area (Å²) in [5, 5.41) is 8.74. The van der Waals surface area contributed by atoms with Gasteiger partial charge in [-0.2, -0.15) is 5.26 Å². The number of fused-ring (bicyclic) bond motifs is 1. The van der Waals surface area contributed by atoms with Gasteiger partial charge in [0, 0.05) is 6.92 Å². The summed E-state index contributed by atoms with van der Waals surface area (Å²) >= 11 is 0. The lowest BCUT2D eigenvalue weighted by atomic mass is 9.90. The molecule has 0 saturated carbocycles. The molecule has 1 aromatic rings. The van der Waals surface area contributed by atoms with Crippen molar-refractivity contribution in [1.82, 2.24) is 0 Å². The lowest BCUT2D eigenvalue weighted by Crippen LogP contribution is -2.39. The first-order chi connectivity index (χ1) is 8.69. The molecule has 3 atom stereocenters. The van der Waals surface area contributed by atoms with E-state index in [9.17, 15) is 4.79 Å². The van der Waals surface area contributed by atoms with Gasteiger partial charge in [0.05, 0.1) is 23.7 Å². The van der Waals surface area contributed by atoms with Crippen molar-refractivity contribution in [3.05, 3.63) is 47.2 Å². The van der Waals surface area contributed by atoms with Gasteiger partial charge in [0.2, 0.25) is 6.29 Å². The zero-order valence-corrected chi connectivity index (χ0v) is 9.79. The van der Waals surface area contributed by atoms with Gasteiger partial charge in [-0.15, -0.1) is 0 Å². The van der Waals surface area contributed by atoms with Gasteiger partial charge < -0.3 is 9.47 Å². The Hall–Kier alpha value is -2.12. The Balaban J connectivity index is 1.80. The van der Waals surface area contributed by atoms with E-state index in [0.717, 1.165) is 5.56 Å². The van der Waals surface area contributed by atoms with Gasteiger partial charge in [0.25, 0.3) is 0 Å². The van der Waals surface area contributed by atoms with Crippen molar-refractivity contribution in [3.63, 3.8) is 0 Å². The average molecular weight is 241 g/mol. The fourth-order valence-corrected chi connectivity index (χ4v) is 2.24. The van der Waals surface area contributed by atoms with Gasteiger partial charge in [0.15, 0.2) is 11.5 Å². The van der Waals surface area contributed by atoms with E-state index in [4.69, 9.17) is 14.7 Å². The summed E-state index contributed by atoms with van der Waals surface area (Å²) in [6.07, 6.45) is 1.42. The molecule has 4 nitrogen and oxygen atoms in total. The summed E-state index contributed by atoms with van der Waals surface area (Å²) in [7, 11) is 0. The first kappa shape index (κ1) is 11.0. The minimum atomic E-state index is -0.329. The van der Waals surface area contributed by atoms with E-state index in [1.807, 2.05) is 18.2 Å². The van der Waals surface area contributed by atoms with Crippen LogP contribution in [0.2, 0.25) is 0 Å². The molecule has 2 aliphatic rings. The number of carbonyl (C=O) groups excluding carboxylic acids is 1. The molecule has 0 unspecified atom stereocenters. The molecule has 0 aromatic heterocycles. The maximum Gasteiger partial charge on any atom is 0.209 e. The second-order valence-electron chi connectivity index (χ2n) is 4.44. The van der Waals surface area contributed by atoms with Crippen LogP contribution in [0.15, 0.2) is 36.1 Å². The molecule has 18 heavy (non-hydrogen) atoms. The average Bonchev–Trinajstić information content (AvgIpc) is 2.68. The maximum atomic E-state index is 11.2. The van der Waals surface area contributed by atoms with Crippen LogP contribution in [-0.4, -0.2) is 12.1 Å². The molecule has 2 heterocycles. The molecule has 0 radical (unpaired) electrons. The molecule has 0 amide bonds. The normalized spacial score (nSPS) is 28.4. The topological polar surface area (TPSA) is 59.3 Å². The van der Waals surface area contributed by atoms with Gasteiger partial charge in [-0.1, -0.05) is 12.1 Å². The number of ether oxygens (including phenoxy) is 2. The highest BCUT2D eigenvalue weighted by atomic mass is 16.7. The van der Waals surface area contributed by atoms with Crippen molar-refractivity contribution in [2.24, 2.45) is 5.92 Å². The first-order valence-corrected chi connectivity index (χ1v) is 5.74. The van der Waals surface area contributed by atoms with Crippen molar-refractivity contribution in [3.8, 4) is 6.07 Å². The lowest BCUT2D eigenvalue weighted by molar-refractivity contribution is -0.261. The zero-order chi connectivity index (χ0) is 12.7. The summed E-state index contributed by atoms with van der Waals surface area (Å²) in [4.78, 5) is 11.2. The fourth-order valence-electron chi connectivity index (χ4n) is 2.24. The second-order valence-corrected chi connectivity index (χ2v) is 4.44. The molecule has 0 spiro atoms. The Morgan fingerprint density at radius 2 is 2.06 bits per heavy atom. The van der Waals surface area contributed by atoms with Crippen molar-refractivity contribution in [1.29, 1.82) is 5.26 Å². The molecule has 3 rings (SSSR count). The van der Waals surface area contributed by atoms with Crippen molar-refractivity contribution in [2.45, 2.75) is 19.3 Å². The number of carbonyl (C=O) groups is 1. The van der Waals surface area contributed by atoms with Gasteiger partial charge in [-0.05, 0) is 23.8 Å². The third kappa shape index (κ3) is 1.60. The highest BCUT2D eigenvalue weighted by Crippen LogP contribution is 2.47. The van der Waals surface area contributed by atoms with Crippen LogP contribution in [0.4, 0.5) is 0 Å². The number of allylic oxidation sites excluding steroid dienone is 1. The quantitative estimate of drug-likeness (QED) is 0.795. The first-order valence-electron chi connectivity index (χ1n) is 5.74. The number of rotatable bonds is 2. The van der Waals surface area contributed by atoms with E-state index in [-0.39, 0.29) is 24.1 Å². The van der Waals surface area contributed by atoms with Crippen molar-refractivity contribution < 1.29 is 14.3 Å². The van der Waals surface area contributed by atoms with Crippen LogP contribution in [-0.2, 0) is 14.3 Å². The number of nitrogens with zero attached hydrogens (tertiary/aromatic N) is 1. The Morgan fingerprint density at radius 1 is 1.33 bits per heavy atom. The highest BCUT2D eigenvalue weighted by Gasteiger charge is 2.48. The second kappa shape index (κ2) is 3.97. The summed E-state index contributed by atoms with van der Waals surface area (Å²) in [5.41, 5.74) is 1.62. The Morgan fingerprint density at radius 3 is 2.67 bits per heavy atom. The largest absolute Gasteiger partial charge is 0.461 e. The monoisotopic (exact) mass is 241 g/mol. The molecule has 4 heteroatoms. The zero-order valence-electron chi connectivity index (χ0n) is 9.79. The standard InChI is InChI=1S/C14H11NO3/c1-8(16)12-6-11-13(18-14(11)17-12)10-4-2-9(7-15)3-5-10/h2-6,11,13-14H,1H3/t11-,13-,14+/m0/s1. The van der Waals surface area contributed by atoms with E-state index in [2.05, 4.69) is 6.07 Å². The van der Waals surface area contributed by atoms with Crippen LogP contribution in [0.3, 0.4) is 0 Å². The van der Waals surface area contributed by atoms with Crippen LogP contribution in [0.1, 0.15) is 24.2 Å². The molecule has 90 valence electrons. The Labute approximate surface area is 104 Å². The maximum absolute atomic E-state index is 11.2. The molecular formula is C14H11NO3. The van der Waals surface area contributed by atoms with Crippen molar-refractivity contribution >= 4 is 5.78 Å². The predicted molar refractivity (Wildman–Crippen MR) is 62.1 cm³/mol. The van der Waals surface area contributed by atoms with Gasteiger partial charge in [-0.25, -0.2) is 0 Å². The highest BCUT2D eigenvalue weighted by molar-refractivity contribution is 5.91. The molecule has 0 N–H and O–H groups in total. The molecule has 0 aliphatic carbocycles. The van der Waals surface area contributed by atoms with E-state index in [1.165, 1.54) is 6.92 Å². The molecule has 0 bridgehead atoms. The summed E-state index contributed by atoms with van der Waals surface area (Å²) in [5.74, 6) is 0.407.